The number of likely N-dealkylation sites (N-methyl/N-ethyl adjacent to an activating group) is 1. The van der Waals surface area contributed by atoms with E-state index in [1.807, 2.05) is 0 Å². The second kappa shape index (κ2) is 4.75. The molecule has 4 nitrogen and oxygen atoms in total. The summed E-state index contributed by atoms with van der Waals surface area (Å²) in [4.78, 5) is 15.5. The molecule has 0 saturated carbocycles. The van der Waals surface area contributed by atoms with Crippen molar-refractivity contribution in [3.63, 3.8) is 0 Å². The zero-order valence-corrected chi connectivity index (χ0v) is 9.49. The van der Waals surface area contributed by atoms with E-state index in [0.29, 0.717) is 18.5 Å². The SMILES string of the molecule is COC(=O)CN1CC(C)C(N(C)C)C1. The number of esters is 1. The van der Waals surface area contributed by atoms with Crippen molar-refractivity contribution < 1.29 is 9.53 Å². The highest BCUT2D eigenvalue weighted by Crippen LogP contribution is 2.19. The van der Waals surface area contributed by atoms with Gasteiger partial charge in [0.1, 0.15) is 0 Å². The van der Waals surface area contributed by atoms with Gasteiger partial charge in [-0.3, -0.25) is 9.69 Å². The first-order valence-electron chi connectivity index (χ1n) is 5.00. The third-order valence-corrected chi connectivity index (χ3v) is 2.89. The van der Waals surface area contributed by atoms with Gasteiger partial charge in [0, 0.05) is 19.1 Å². The van der Waals surface area contributed by atoms with E-state index in [1.165, 1.54) is 7.11 Å². The molecule has 0 aliphatic carbocycles. The number of carbonyl (C=O) groups excluding carboxylic acids is 1. The molecule has 0 spiro atoms. The van der Waals surface area contributed by atoms with Gasteiger partial charge in [-0.2, -0.15) is 0 Å². The third-order valence-electron chi connectivity index (χ3n) is 2.89. The molecule has 0 aromatic rings. The Kier molecular flexibility index (Phi) is 3.89. The fourth-order valence-electron chi connectivity index (χ4n) is 2.10. The molecule has 0 N–H and O–H groups in total. The maximum Gasteiger partial charge on any atom is 0.319 e. The molecule has 1 aliphatic heterocycles. The maximum atomic E-state index is 11.1. The Balaban J connectivity index is 2.42. The fraction of sp³-hybridized carbons (Fsp3) is 0.900. The number of rotatable bonds is 3. The van der Waals surface area contributed by atoms with Crippen LogP contribution in [0.3, 0.4) is 0 Å². The summed E-state index contributed by atoms with van der Waals surface area (Å²) in [5.74, 6) is 0.478. The van der Waals surface area contributed by atoms with Gasteiger partial charge in [0.2, 0.25) is 0 Å². The summed E-state index contributed by atoms with van der Waals surface area (Å²) in [6, 6.07) is 0.555. The Morgan fingerprint density at radius 3 is 2.57 bits per heavy atom. The van der Waals surface area contributed by atoms with Gasteiger partial charge in [0.05, 0.1) is 13.7 Å². The van der Waals surface area contributed by atoms with Crippen LogP contribution in [0.2, 0.25) is 0 Å². The summed E-state index contributed by atoms with van der Waals surface area (Å²) in [5.41, 5.74) is 0. The molecule has 0 aromatic heterocycles. The molecular weight excluding hydrogens is 180 g/mol. The Bertz CT molecular complexity index is 206. The average Bonchev–Trinajstić information content (AvgIpc) is 2.46. The van der Waals surface area contributed by atoms with Crippen LogP contribution in [0.5, 0.6) is 0 Å². The second-order valence-corrected chi connectivity index (χ2v) is 4.28. The Labute approximate surface area is 85.8 Å². The van der Waals surface area contributed by atoms with Gasteiger partial charge < -0.3 is 9.64 Å². The molecule has 2 unspecified atom stereocenters. The van der Waals surface area contributed by atoms with E-state index in [2.05, 4.69) is 35.6 Å². The lowest BCUT2D eigenvalue weighted by atomic mass is 10.1. The minimum Gasteiger partial charge on any atom is -0.468 e. The van der Waals surface area contributed by atoms with Crippen molar-refractivity contribution >= 4 is 5.97 Å². The van der Waals surface area contributed by atoms with Gasteiger partial charge in [0.25, 0.3) is 0 Å². The monoisotopic (exact) mass is 200 g/mol. The van der Waals surface area contributed by atoms with Crippen LogP contribution in [0.4, 0.5) is 0 Å². The summed E-state index contributed by atoms with van der Waals surface area (Å²) in [6.07, 6.45) is 0. The van der Waals surface area contributed by atoms with E-state index in [-0.39, 0.29) is 5.97 Å². The Hall–Kier alpha value is -0.610. The lowest BCUT2D eigenvalue weighted by molar-refractivity contribution is -0.141. The van der Waals surface area contributed by atoms with Crippen LogP contribution in [-0.2, 0) is 9.53 Å². The number of methoxy groups -OCH3 is 1. The van der Waals surface area contributed by atoms with E-state index in [4.69, 9.17) is 0 Å². The van der Waals surface area contributed by atoms with Gasteiger partial charge >= 0.3 is 5.97 Å². The largest absolute Gasteiger partial charge is 0.468 e. The minimum atomic E-state index is -0.142. The fourth-order valence-corrected chi connectivity index (χ4v) is 2.10. The van der Waals surface area contributed by atoms with Crippen molar-refractivity contribution in [1.29, 1.82) is 0 Å². The van der Waals surface area contributed by atoms with Crippen LogP contribution >= 0.6 is 0 Å². The van der Waals surface area contributed by atoms with Gasteiger partial charge in [-0.05, 0) is 20.0 Å². The van der Waals surface area contributed by atoms with Crippen LogP contribution in [0.25, 0.3) is 0 Å². The van der Waals surface area contributed by atoms with Crippen LogP contribution < -0.4 is 0 Å². The summed E-state index contributed by atoms with van der Waals surface area (Å²) < 4.78 is 4.65. The lowest BCUT2D eigenvalue weighted by Gasteiger charge is -2.22. The molecular formula is C10H20N2O2. The molecule has 0 radical (unpaired) electrons. The van der Waals surface area contributed by atoms with E-state index >= 15 is 0 Å². The number of nitrogens with zero attached hydrogens (tertiary/aromatic N) is 2. The first kappa shape index (κ1) is 11.5. The highest BCUT2D eigenvalue weighted by Gasteiger charge is 2.31. The van der Waals surface area contributed by atoms with E-state index in [9.17, 15) is 4.79 Å². The van der Waals surface area contributed by atoms with Crippen LogP contribution in [0.15, 0.2) is 0 Å². The van der Waals surface area contributed by atoms with Crippen molar-refractivity contribution in [2.24, 2.45) is 5.92 Å². The quantitative estimate of drug-likeness (QED) is 0.602. The molecule has 1 heterocycles. The summed E-state index contributed by atoms with van der Waals surface area (Å²) >= 11 is 0. The van der Waals surface area contributed by atoms with Crippen molar-refractivity contribution in [2.75, 3.05) is 40.8 Å². The number of ether oxygens (including phenoxy) is 1. The predicted molar refractivity (Wildman–Crippen MR) is 55.1 cm³/mol. The van der Waals surface area contributed by atoms with Crippen molar-refractivity contribution in [2.45, 2.75) is 13.0 Å². The minimum absolute atomic E-state index is 0.142. The van der Waals surface area contributed by atoms with Gasteiger partial charge in [-0.15, -0.1) is 0 Å². The molecule has 1 fully saturated rings. The molecule has 0 amide bonds. The highest BCUT2D eigenvalue weighted by atomic mass is 16.5. The molecule has 14 heavy (non-hydrogen) atoms. The smallest absolute Gasteiger partial charge is 0.319 e. The number of hydrogen-bond acceptors (Lipinski definition) is 4. The molecule has 4 heteroatoms. The standard InChI is InChI=1S/C10H20N2O2/c1-8-5-12(7-10(13)14-4)6-9(8)11(2)3/h8-9H,5-7H2,1-4H3. The molecule has 0 aromatic carbocycles. The van der Waals surface area contributed by atoms with Crippen LogP contribution in [0.1, 0.15) is 6.92 Å². The zero-order valence-electron chi connectivity index (χ0n) is 9.49. The second-order valence-electron chi connectivity index (χ2n) is 4.28. The summed E-state index contributed by atoms with van der Waals surface area (Å²) in [6.45, 7) is 4.59. The normalized spacial score (nSPS) is 28.4. The molecule has 1 aliphatic rings. The number of carbonyl (C=O) groups is 1. The molecule has 1 rings (SSSR count). The van der Waals surface area contributed by atoms with Crippen LogP contribution in [0, 0.1) is 5.92 Å². The predicted octanol–water partition coefficient (Wildman–Crippen LogP) is 0.0413. The lowest BCUT2D eigenvalue weighted by Crippen LogP contribution is -2.35. The average molecular weight is 200 g/mol. The third kappa shape index (κ3) is 2.69. The number of likely N-dealkylation sites (tertiary alicyclic amines) is 1. The summed E-state index contributed by atoms with van der Waals surface area (Å²) in [7, 11) is 5.61. The van der Waals surface area contributed by atoms with Crippen molar-refractivity contribution in [1.82, 2.24) is 9.80 Å². The first-order chi connectivity index (χ1) is 6.54. The summed E-state index contributed by atoms with van der Waals surface area (Å²) in [5, 5.41) is 0. The molecule has 0 bridgehead atoms. The maximum absolute atomic E-state index is 11.1. The van der Waals surface area contributed by atoms with E-state index in [1.54, 1.807) is 0 Å². The van der Waals surface area contributed by atoms with Crippen molar-refractivity contribution in [3.8, 4) is 0 Å². The molecule has 82 valence electrons. The highest BCUT2D eigenvalue weighted by molar-refractivity contribution is 5.71. The van der Waals surface area contributed by atoms with Gasteiger partial charge in [-0.1, -0.05) is 6.92 Å². The molecule has 2 atom stereocenters. The molecule has 1 saturated heterocycles. The zero-order chi connectivity index (χ0) is 10.7. The van der Waals surface area contributed by atoms with Gasteiger partial charge in [0.15, 0.2) is 0 Å². The first-order valence-corrected chi connectivity index (χ1v) is 5.00. The Morgan fingerprint density at radius 1 is 1.50 bits per heavy atom. The number of hydrogen-bond donors (Lipinski definition) is 0. The Morgan fingerprint density at radius 2 is 2.14 bits per heavy atom. The van der Waals surface area contributed by atoms with E-state index < -0.39 is 0 Å². The van der Waals surface area contributed by atoms with E-state index in [0.717, 1.165) is 13.1 Å². The van der Waals surface area contributed by atoms with Crippen LogP contribution in [-0.4, -0.2) is 62.7 Å². The van der Waals surface area contributed by atoms with Crippen molar-refractivity contribution in [3.05, 3.63) is 0 Å². The van der Waals surface area contributed by atoms with Gasteiger partial charge in [-0.25, -0.2) is 0 Å². The topological polar surface area (TPSA) is 32.8 Å².